The minimum absolute atomic E-state index is 0.256. The number of ether oxygens (including phenoxy) is 1. The first-order chi connectivity index (χ1) is 8.79. The van der Waals surface area contributed by atoms with Crippen LogP contribution in [0.3, 0.4) is 0 Å². The van der Waals surface area contributed by atoms with E-state index in [0.717, 1.165) is 18.1 Å². The average molecular weight is 266 g/mol. The molecule has 1 aromatic carbocycles. The Labute approximate surface area is 111 Å². The van der Waals surface area contributed by atoms with Crippen LogP contribution in [0.2, 0.25) is 0 Å². The second kappa shape index (κ2) is 6.78. The van der Waals surface area contributed by atoms with Gasteiger partial charge in [-0.25, -0.2) is 5.84 Å². The van der Waals surface area contributed by atoms with Crippen LogP contribution in [-0.2, 0) is 10.5 Å². The third-order valence-corrected chi connectivity index (χ3v) is 4.09. The summed E-state index contributed by atoms with van der Waals surface area (Å²) in [6.07, 6.45) is 2.80. The molecule has 1 aliphatic rings. The Hall–Kier alpha value is -1.04. The van der Waals surface area contributed by atoms with Gasteiger partial charge in [-0.15, -0.1) is 0 Å². The van der Waals surface area contributed by atoms with E-state index in [1.807, 2.05) is 23.9 Å². The van der Waals surface area contributed by atoms with E-state index in [1.54, 1.807) is 12.1 Å². The highest BCUT2D eigenvalue weighted by atomic mass is 32.2. The highest BCUT2D eigenvalue weighted by Crippen LogP contribution is 2.20. The number of nitrogens with one attached hydrogen (secondary N) is 1. The Morgan fingerprint density at radius 1 is 1.44 bits per heavy atom. The third kappa shape index (κ3) is 3.73. The Bertz CT molecular complexity index is 388. The summed E-state index contributed by atoms with van der Waals surface area (Å²) in [5.74, 6) is 6.81. The topological polar surface area (TPSA) is 64.3 Å². The van der Waals surface area contributed by atoms with Gasteiger partial charge in [0, 0.05) is 23.7 Å². The fraction of sp³-hybridized carbons (Fsp3) is 0.462. The summed E-state index contributed by atoms with van der Waals surface area (Å²) in [5, 5.41) is 0. The molecule has 98 valence electrons. The Morgan fingerprint density at radius 3 is 2.83 bits per heavy atom. The molecule has 3 N–H and O–H groups in total. The lowest BCUT2D eigenvalue weighted by Gasteiger charge is -2.08. The van der Waals surface area contributed by atoms with Crippen molar-refractivity contribution in [2.45, 2.75) is 24.7 Å². The largest absolute Gasteiger partial charge is 0.377 e. The average Bonchev–Trinajstić information content (AvgIpc) is 2.92. The van der Waals surface area contributed by atoms with Gasteiger partial charge in [0.15, 0.2) is 0 Å². The molecule has 0 bridgehead atoms. The van der Waals surface area contributed by atoms with E-state index in [0.29, 0.717) is 11.7 Å². The zero-order valence-corrected chi connectivity index (χ0v) is 11.0. The molecule has 0 aromatic heterocycles. The molecule has 1 saturated heterocycles. The van der Waals surface area contributed by atoms with Crippen LogP contribution in [0.15, 0.2) is 24.3 Å². The molecule has 0 radical (unpaired) electrons. The third-order valence-electron chi connectivity index (χ3n) is 2.94. The van der Waals surface area contributed by atoms with Crippen molar-refractivity contribution in [3.8, 4) is 0 Å². The minimum Gasteiger partial charge on any atom is -0.377 e. The van der Waals surface area contributed by atoms with Gasteiger partial charge >= 0.3 is 0 Å². The van der Waals surface area contributed by atoms with Crippen molar-refractivity contribution in [3.05, 3.63) is 35.4 Å². The van der Waals surface area contributed by atoms with Crippen molar-refractivity contribution in [2.75, 3.05) is 12.4 Å². The van der Waals surface area contributed by atoms with Crippen molar-refractivity contribution in [1.82, 2.24) is 5.43 Å². The van der Waals surface area contributed by atoms with Crippen LogP contribution < -0.4 is 11.3 Å². The molecular weight excluding hydrogens is 248 g/mol. The second-order valence-electron chi connectivity index (χ2n) is 4.32. The SMILES string of the molecule is NNC(=O)c1ccc(CSCC2CCCO2)cc1. The molecule has 1 aromatic rings. The van der Waals surface area contributed by atoms with Gasteiger partial charge in [0.1, 0.15) is 0 Å². The van der Waals surface area contributed by atoms with Crippen molar-refractivity contribution in [2.24, 2.45) is 5.84 Å². The first-order valence-corrected chi connectivity index (χ1v) is 7.24. The zero-order valence-electron chi connectivity index (χ0n) is 10.2. The lowest BCUT2D eigenvalue weighted by atomic mass is 10.1. The second-order valence-corrected chi connectivity index (χ2v) is 5.35. The fourth-order valence-corrected chi connectivity index (χ4v) is 2.99. The molecule has 18 heavy (non-hydrogen) atoms. The van der Waals surface area contributed by atoms with Gasteiger partial charge in [-0.05, 0) is 30.5 Å². The van der Waals surface area contributed by atoms with E-state index in [9.17, 15) is 4.79 Å². The summed E-state index contributed by atoms with van der Waals surface area (Å²) in [7, 11) is 0. The van der Waals surface area contributed by atoms with Gasteiger partial charge in [-0.2, -0.15) is 11.8 Å². The number of hydrogen-bond donors (Lipinski definition) is 2. The molecule has 1 atom stereocenters. The van der Waals surface area contributed by atoms with Gasteiger partial charge < -0.3 is 4.74 Å². The molecule has 2 rings (SSSR count). The van der Waals surface area contributed by atoms with E-state index in [4.69, 9.17) is 10.6 Å². The van der Waals surface area contributed by atoms with Crippen LogP contribution in [0, 0.1) is 0 Å². The van der Waals surface area contributed by atoms with Crippen molar-refractivity contribution < 1.29 is 9.53 Å². The number of hydrazine groups is 1. The summed E-state index contributed by atoms with van der Waals surface area (Å²) in [5.41, 5.74) is 3.92. The van der Waals surface area contributed by atoms with Crippen LogP contribution in [0.25, 0.3) is 0 Å². The highest BCUT2D eigenvalue weighted by molar-refractivity contribution is 7.98. The van der Waals surface area contributed by atoms with Crippen LogP contribution >= 0.6 is 11.8 Å². The first kappa shape index (κ1) is 13.4. The maximum Gasteiger partial charge on any atom is 0.265 e. The van der Waals surface area contributed by atoms with E-state index in [-0.39, 0.29) is 5.91 Å². The van der Waals surface area contributed by atoms with Gasteiger partial charge in [0.25, 0.3) is 5.91 Å². The molecule has 1 heterocycles. The van der Waals surface area contributed by atoms with Crippen molar-refractivity contribution in [3.63, 3.8) is 0 Å². The van der Waals surface area contributed by atoms with Gasteiger partial charge in [-0.1, -0.05) is 12.1 Å². The predicted octanol–water partition coefficient (Wildman–Crippen LogP) is 1.70. The van der Waals surface area contributed by atoms with E-state index in [2.05, 4.69) is 5.43 Å². The maximum atomic E-state index is 11.3. The van der Waals surface area contributed by atoms with Gasteiger partial charge in [0.05, 0.1) is 6.10 Å². The molecule has 1 fully saturated rings. The summed E-state index contributed by atoms with van der Waals surface area (Å²) >= 11 is 1.87. The normalized spacial score (nSPS) is 18.8. The van der Waals surface area contributed by atoms with Crippen molar-refractivity contribution >= 4 is 17.7 Å². The van der Waals surface area contributed by atoms with Crippen LogP contribution in [0.1, 0.15) is 28.8 Å². The minimum atomic E-state index is -0.256. The monoisotopic (exact) mass is 266 g/mol. The lowest BCUT2D eigenvalue weighted by molar-refractivity contribution is 0.0953. The number of hydrogen-bond acceptors (Lipinski definition) is 4. The first-order valence-electron chi connectivity index (χ1n) is 6.09. The number of benzene rings is 1. The number of amides is 1. The summed E-state index contributed by atoms with van der Waals surface area (Å²) in [6.45, 7) is 0.911. The van der Waals surface area contributed by atoms with Gasteiger partial charge in [-0.3, -0.25) is 10.2 Å². The maximum absolute atomic E-state index is 11.3. The molecule has 5 heteroatoms. The lowest BCUT2D eigenvalue weighted by Crippen LogP contribution is -2.29. The van der Waals surface area contributed by atoms with Crippen molar-refractivity contribution in [1.29, 1.82) is 0 Å². The number of rotatable bonds is 5. The number of nitrogens with two attached hydrogens (primary N) is 1. The summed E-state index contributed by atoms with van der Waals surface area (Å²) < 4.78 is 5.57. The van der Waals surface area contributed by atoms with Crippen LogP contribution in [-0.4, -0.2) is 24.4 Å². The molecular formula is C13H18N2O2S. The number of carbonyl (C=O) groups is 1. The van der Waals surface area contributed by atoms with Crippen LogP contribution in [0.5, 0.6) is 0 Å². The van der Waals surface area contributed by atoms with E-state index < -0.39 is 0 Å². The molecule has 1 unspecified atom stereocenters. The highest BCUT2D eigenvalue weighted by Gasteiger charge is 2.14. The smallest absolute Gasteiger partial charge is 0.265 e. The molecule has 0 aliphatic carbocycles. The number of nitrogen functional groups attached to an aromatic ring is 1. The fourth-order valence-electron chi connectivity index (χ4n) is 1.92. The number of carbonyl (C=O) groups excluding carboxylic acids is 1. The molecule has 1 amide bonds. The Morgan fingerprint density at radius 2 is 2.22 bits per heavy atom. The quantitative estimate of drug-likeness (QED) is 0.484. The standard InChI is InChI=1S/C13H18N2O2S/c14-15-13(16)11-5-3-10(4-6-11)8-18-9-12-2-1-7-17-12/h3-6,12H,1-2,7-9,14H2,(H,15,16). The predicted molar refractivity (Wildman–Crippen MR) is 73.2 cm³/mol. The van der Waals surface area contributed by atoms with Gasteiger partial charge in [0.2, 0.25) is 0 Å². The van der Waals surface area contributed by atoms with Crippen LogP contribution in [0.4, 0.5) is 0 Å². The Kier molecular flexibility index (Phi) is 5.04. The van der Waals surface area contributed by atoms with E-state index in [1.165, 1.54) is 18.4 Å². The molecule has 0 spiro atoms. The summed E-state index contributed by atoms with van der Waals surface area (Å²) in [4.78, 5) is 11.3. The molecule has 0 saturated carbocycles. The number of thioether (sulfide) groups is 1. The Balaban J connectivity index is 1.77. The molecule has 4 nitrogen and oxygen atoms in total. The van der Waals surface area contributed by atoms with E-state index >= 15 is 0 Å². The zero-order chi connectivity index (χ0) is 12.8. The summed E-state index contributed by atoms with van der Waals surface area (Å²) in [6, 6.07) is 7.52. The molecule has 1 aliphatic heterocycles.